The summed E-state index contributed by atoms with van der Waals surface area (Å²) in [6.07, 6.45) is -5.35. The van der Waals surface area contributed by atoms with E-state index in [-0.39, 0.29) is 18.4 Å². The van der Waals surface area contributed by atoms with Gasteiger partial charge in [0.2, 0.25) is 0 Å². The van der Waals surface area contributed by atoms with Crippen LogP contribution in [0.4, 0.5) is 0 Å². The van der Waals surface area contributed by atoms with E-state index in [0.717, 1.165) is 0 Å². The van der Waals surface area contributed by atoms with Gasteiger partial charge in [0.05, 0.1) is 17.6 Å². The second kappa shape index (κ2) is 8.92. The fraction of sp³-hybridized carbons (Fsp3) is 0.692. The number of fused-ring (bicyclic) bond motifs is 1. The first-order valence-electron chi connectivity index (χ1n) is 12.3. The van der Waals surface area contributed by atoms with Gasteiger partial charge in [0, 0.05) is 39.5 Å². The van der Waals surface area contributed by atoms with Gasteiger partial charge in [-0.05, 0) is 31.1 Å². The Balaban J connectivity index is 1.98. The van der Waals surface area contributed by atoms with Crippen LogP contribution < -0.4 is 0 Å². The van der Waals surface area contributed by atoms with Crippen molar-refractivity contribution in [3.05, 3.63) is 23.8 Å². The molecule has 3 fully saturated rings. The van der Waals surface area contributed by atoms with Crippen molar-refractivity contribution in [2.45, 2.75) is 102 Å². The Bertz CT molecular complexity index is 1080. The SMILES string of the molecule is C=C1C(O)CC(OC(C)=O)C2(C)C(OC(C)=O)CC(OC(C)=O)C(C)=CC3OC(=O)C4(C)OC34C(O)C12. The molecule has 4 aliphatic rings. The Kier molecular flexibility index (Phi) is 6.58. The van der Waals surface area contributed by atoms with Gasteiger partial charge in [-0.2, -0.15) is 0 Å². The quantitative estimate of drug-likeness (QED) is 0.235. The Morgan fingerprint density at radius 1 is 1.00 bits per heavy atom. The number of hydrogen-bond acceptors (Lipinski definition) is 11. The Hall–Kier alpha value is -2.76. The van der Waals surface area contributed by atoms with Gasteiger partial charge >= 0.3 is 23.9 Å². The number of carbonyl (C=O) groups excluding carboxylic acids is 4. The molecule has 204 valence electrons. The number of rotatable bonds is 3. The largest absolute Gasteiger partial charge is 0.462 e. The van der Waals surface area contributed by atoms with Crippen molar-refractivity contribution in [3.8, 4) is 0 Å². The highest BCUT2D eigenvalue weighted by atomic mass is 16.7. The van der Waals surface area contributed by atoms with Crippen LogP contribution in [0.2, 0.25) is 0 Å². The smallest absolute Gasteiger partial charge is 0.342 e. The summed E-state index contributed by atoms with van der Waals surface area (Å²) in [4.78, 5) is 49.3. The van der Waals surface area contributed by atoms with E-state index in [1.807, 2.05) is 0 Å². The van der Waals surface area contributed by atoms with Crippen LogP contribution in [0, 0.1) is 11.3 Å². The lowest BCUT2D eigenvalue weighted by molar-refractivity contribution is -0.203. The van der Waals surface area contributed by atoms with E-state index < -0.39 is 83.0 Å². The molecule has 10 atom stereocenters. The molecule has 2 aliphatic heterocycles. The number of epoxide rings is 1. The highest BCUT2D eigenvalue weighted by Crippen LogP contribution is 2.64. The van der Waals surface area contributed by atoms with Gasteiger partial charge in [-0.25, -0.2) is 4.79 Å². The van der Waals surface area contributed by atoms with Crippen LogP contribution in [-0.4, -0.2) is 81.9 Å². The molecule has 10 unspecified atom stereocenters. The monoisotopic (exact) mass is 522 g/mol. The minimum atomic E-state index is -1.57. The molecule has 0 bridgehead atoms. The highest BCUT2D eigenvalue weighted by molar-refractivity contribution is 5.89. The van der Waals surface area contributed by atoms with Gasteiger partial charge in [-0.15, -0.1) is 0 Å². The van der Waals surface area contributed by atoms with Crippen LogP contribution in [-0.2, 0) is 42.9 Å². The molecule has 37 heavy (non-hydrogen) atoms. The Morgan fingerprint density at radius 3 is 2.05 bits per heavy atom. The normalized spacial score (nSPS) is 44.8. The van der Waals surface area contributed by atoms with E-state index in [1.54, 1.807) is 19.9 Å². The predicted molar refractivity (Wildman–Crippen MR) is 125 cm³/mol. The first-order valence-corrected chi connectivity index (χ1v) is 12.3. The van der Waals surface area contributed by atoms with Crippen LogP contribution in [0.5, 0.6) is 0 Å². The van der Waals surface area contributed by atoms with Crippen LogP contribution in [0.1, 0.15) is 54.4 Å². The van der Waals surface area contributed by atoms with E-state index in [0.29, 0.717) is 5.57 Å². The van der Waals surface area contributed by atoms with Crippen LogP contribution >= 0.6 is 0 Å². The lowest BCUT2D eigenvalue weighted by Crippen LogP contribution is -2.64. The maximum absolute atomic E-state index is 12.8. The number of esters is 4. The van der Waals surface area contributed by atoms with Crippen molar-refractivity contribution in [1.82, 2.24) is 0 Å². The van der Waals surface area contributed by atoms with E-state index in [9.17, 15) is 29.4 Å². The molecule has 2 aliphatic carbocycles. The molecular formula is C26H34O11. The summed E-state index contributed by atoms with van der Waals surface area (Å²) in [5.41, 5.74) is -3.78. The minimum absolute atomic E-state index is 0.0614. The number of ether oxygens (including phenoxy) is 5. The molecule has 1 saturated carbocycles. The minimum Gasteiger partial charge on any atom is -0.462 e. The van der Waals surface area contributed by atoms with Gasteiger partial charge in [-0.3, -0.25) is 14.4 Å². The maximum atomic E-state index is 12.8. The number of carbonyl (C=O) groups is 4. The van der Waals surface area contributed by atoms with Crippen LogP contribution in [0.25, 0.3) is 0 Å². The van der Waals surface area contributed by atoms with Gasteiger partial charge in [-0.1, -0.05) is 13.5 Å². The third-order valence-corrected chi connectivity index (χ3v) is 8.48. The third kappa shape index (κ3) is 3.98. The van der Waals surface area contributed by atoms with E-state index in [1.165, 1.54) is 27.7 Å². The van der Waals surface area contributed by atoms with Gasteiger partial charge in [0.1, 0.15) is 18.3 Å². The molecule has 1 spiro atoms. The van der Waals surface area contributed by atoms with Crippen molar-refractivity contribution in [1.29, 1.82) is 0 Å². The van der Waals surface area contributed by atoms with Crippen LogP contribution in [0.3, 0.4) is 0 Å². The molecule has 2 N–H and O–H groups in total. The van der Waals surface area contributed by atoms with Gasteiger partial charge < -0.3 is 33.9 Å². The van der Waals surface area contributed by atoms with E-state index in [4.69, 9.17) is 23.7 Å². The topological polar surface area (TPSA) is 158 Å². The molecular weight excluding hydrogens is 488 g/mol. The molecule has 2 saturated heterocycles. The van der Waals surface area contributed by atoms with Crippen LogP contribution in [0.15, 0.2) is 23.8 Å². The standard InChI is InChI=1S/C26H34O11/c1-11-8-20-26(25(7,37-26)23(32)36-20)22(31)21-12(2)16(30)9-18(34-14(4)28)24(21,6)19(35-15(5)29)10-17(11)33-13(3)27/h8,16-22,30-31H,2,9-10H2,1,3-7H3. The summed E-state index contributed by atoms with van der Waals surface area (Å²) < 4.78 is 28.6. The summed E-state index contributed by atoms with van der Waals surface area (Å²) in [5, 5.41) is 22.9. The fourth-order valence-corrected chi connectivity index (χ4v) is 6.51. The maximum Gasteiger partial charge on any atom is 0.342 e. The fourth-order valence-electron chi connectivity index (χ4n) is 6.51. The summed E-state index contributed by atoms with van der Waals surface area (Å²) >= 11 is 0. The van der Waals surface area contributed by atoms with Gasteiger partial charge in [0.15, 0.2) is 17.3 Å². The molecule has 4 rings (SSSR count). The molecule has 0 amide bonds. The van der Waals surface area contributed by atoms with Crippen molar-refractivity contribution < 1.29 is 53.1 Å². The second-order valence-corrected chi connectivity index (χ2v) is 10.8. The molecule has 2 heterocycles. The summed E-state index contributed by atoms with van der Waals surface area (Å²) in [6, 6.07) is 0. The lowest BCUT2D eigenvalue weighted by atomic mass is 9.55. The molecule has 0 aromatic rings. The first kappa shape index (κ1) is 27.3. The second-order valence-electron chi connectivity index (χ2n) is 10.8. The zero-order chi connectivity index (χ0) is 27.7. The van der Waals surface area contributed by atoms with Crippen molar-refractivity contribution >= 4 is 23.9 Å². The lowest BCUT2D eigenvalue weighted by Gasteiger charge is -2.54. The summed E-state index contributed by atoms with van der Waals surface area (Å²) in [7, 11) is 0. The Labute approximate surface area is 214 Å². The molecule has 11 nitrogen and oxygen atoms in total. The average Bonchev–Trinajstić information content (AvgIpc) is 3.36. The zero-order valence-corrected chi connectivity index (χ0v) is 21.8. The van der Waals surface area contributed by atoms with Gasteiger partial charge in [0.25, 0.3) is 0 Å². The number of aliphatic hydroxyl groups excluding tert-OH is 2. The number of aliphatic hydroxyl groups is 2. The predicted octanol–water partition coefficient (Wildman–Crippen LogP) is 0.889. The third-order valence-electron chi connectivity index (χ3n) is 8.48. The zero-order valence-electron chi connectivity index (χ0n) is 21.8. The Morgan fingerprint density at radius 2 is 1.54 bits per heavy atom. The van der Waals surface area contributed by atoms with Crippen molar-refractivity contribution in [3.63, 3.8) is 0 Å². The highest BCUT2D eigenvalue weighted by Gasteiger charge is 2.86. The van der Waals surface area contributed by atoms with Crippen molar-refractivity contribution in [2.24, 2.45) is 11.3 Å². The summed E-state index contributed by atoms with van der Waals surface area (Å²) in [6.45, 7) is 12.5. The first-order chi connectivity index (χ1) is 17.1. The average molecular weight is 523 g/mol. The molecule has 11 heteroatoms. The van der Waals surface area contributed by atoms with Crippen molar-refractivity contribution in [2.75, 3.05) is 0 Å². The van der Waals surface area contributed by atoms with E-state index in [2.05, 4.69) is 6.58 Å². The summed E-state index contributed by atoms with van der Waals surface area (Å²) in [5.74, 6) is -3.66. The molecule has 0 aromatic carbocycles. The number of hydrogen-bond donors (Lipinski definition) is 2. The molecule has 0 radical (unpaired) electrons. The van der Waals surface area contributed by atoms with E-state index >= 15 is 0 Å². The molecule has 0 aromatic heterocycles.